The summed E-state index contributed by atoms with van der Waals surface area (Å²) >= 11 is 0. The van der Waals surface area contributed by atoms with Gasteiger partial charge in [0, 0.05) is 66.3 Å². The number of fused-ring (bicyclic) bond motifs is 6. The van der Waals surface area contributed by atoms with Crippen molar-refractivity contribution in [2.75, 3.05) is 0 Å². The zero-order valence-electron chi connectivity index (χ0n) is 34.7. The molecule has 0 aliphatic heterocycles. The van der Waals surface area contributed by atoms with E-state index in [9.17, 15) is 13.2 Å². The zero-order chi connectivity index (χ0) is 43.4. The summed E-state index contributed by atoms with van der Waals surface area (Å²) in [5, 5.41) is 21.4. The van der Waals surface area contributed by atoms with Crippen LogP contribution < -0.4 is 0 Å². The van der Waals surface area contributed by atoms with Gasteiger partial charge in [0.1, 0.15) is 0 Å². The largest absolute Gasteiger partial charge is 0.417 e. The van der Waals surface area contributed by atoms with Crippen LogP contribution in [0.15, 0.2) is 170 Å². The molecule has 0 spiro atoms. The first-order valence-corrected chi connectivity index (χ1v) is 20.3. The maximum Gasteiger partial charge on any atom is 0.417 e. The van der Waals surface area contributed by atoms with Gasteiger partial charge in [0.15, 0.2) is 0 Å². The second-order valence-electron chi connectivity index (χ2n) is 15.2. The van der Waals surface area contributed by atoms with E-state index in [1.54, 1.807) is 13.8 Å². The summed E-state index contributed by atoms with van der Waals surface area (Å²) in [5.41, 5.74) is 10.1. The standard InChI is InChI=1S/C24H14F3N2.C24H17N2.C5H12O2.Ir/c25-24(26,27)17-11-12-21(28-15-17)16-10-13-23-20(14-16)19-8-4-5-9-22(19)29(23)18-6-2-1-3-7-18;1-17-11-13-22(25-16-17)18-12-14-24-21(15-18)20-9-5-6-10-23(20)26(24)19-7-3-2-4-8-19;1-4(6)3-5(2)7;/h1-13,15H;2-14,16H,1H3;4-7H,3H2,1-2H3;/q2*-1;;. The minimum atomic E-state index is -4.40. The Balaban J connectivity index is 0.000000163. The summed E-state index contributed by atoms with van der Waals surface area (Å²) in [6, 6.07) is 58.7. The van der Waals surface area contributed by atoms with E-state index in [2.05, 4.69) is 111 Å². The van der Waals surface area contributed by atoms with Gasteiger partial charge in [-0.1, -0.05) is 130 Å². The molecule has 10 aromatic rings. The van der Waals surface area contributed by atoms with Crippen molar-refractivity contribution in [3.05, 3.63) is 193 Å². The quantitative estimate of drug-likeness (QED) is 0.163. The molecule has 319 valence electrons. The van der Waals surface area contributed by atoms with Crippen molar-refractivity contribution < 1.29 is 43.5 Å². The van der Waals surface area contributed by atoms with Crippen LogP contribution in [0, 0.1) is 19.1 Å². The molecule has 0 bridgehead atoms. The van der Waals surface area contributed by atoms with E-state index >= 15 is 0 Å². The Morgan fingerprint density at radius 1 is 0.524 bits per heavy atom. The van der Waals surface area contributed by atoms with Crippen LogP contribution in [0.2, 0.25) is 0 Å². The number of hydrogen-bond acceptors (Lipinski definition) is 4. The van der Waals surface area contributed by atoms with E-state index in [0.29, 0.717) is 17.7 Å². The van der Waals surface area contributed by atoms with Gasteiger partial charge in [-0.05, 0) is 80.2 Å². The van der Waals surface area contributed by atoms with E-state index in [4.69, 9.17) is 10.2 Å². The predicted molar refractivity (Wildman–Crippen MR) is 243 cm³/mol. The van der Waals surface area contributed by atoms with Crippen LogP contribution in [0.25, 0.3) is 77.5 Å². The Kier molecular flexibility index (Phi) is 13.7. The van der Waals surface area contributed by atoms with Crippen molar-refractivity contribution in [2.24, 2.45) is 0 Å². The first-order valence-electron chi connectivity index (χ1n) is 20.3. The Morgan fingerprint density at radius 3 is 1.33 bits per heavy atom. The van der Waals surface area contributed by atoms with Crippen molar-refractivity contribution in [2.45, 2.75) is 45.6 Å². The van der Waals surface area contributed by atoms with Gasteiger partial charge in [0.2, 0.25) is 0 Å². The monoisotopic (exact) mass is 1020 g/mol. The Hall–Kier alpha value is -6.42. The van der Waals surface area contributed by atoms with Crippen LogP contribution in [0.1, 0.15) is 31.4 Å². The number of rotatable bonds is 6. The third-order valence-electron chi connectivity index (χ3n) is 10.4. The number of benzene rings is 6. The van der Waals surface area contributed by atoms with Crippen molar-refractivity contribution in [3.8, 4) is 33.9 Å². The van der Waals surface area contributed by atoms with E-state index < -0.39 is 11.7 Å². The van der Waals surface area contributed by atoms with E-state index in [1.807, 2.05) is 79.0 Å². The van der Waals surface area contributed by atoms with E-state index in [1.165, 1.54) is 17.0 Å². The average molecular weight is 1020 g/mol. The second kappa shape index (κ2) is 19.3. The smallest absolute Gasteiger partial charge is 0.393 e. The Bertz CT molecular complexity index is 3090. The van der Waals surface area contributed by atoms with E-state index in [0.717, 1.165) is 73.2 Å². The van der Waals surface area contributed by atoms with Gasteiger partial charge in [0.25, 0.3) is 0 Å². The topological polar surface area (TPSA) is 76.1 Å². The van der Waals surface area contributed by atoms with Gasteiger partial charge >= 0.3 is 6.18 Å². The molecule has 0 fully saturated rings. The van der Waals surface area contributed by atoms with Crippen LogP contribution >= 0.6 is 0 Å². The molecule has 1 radical (unpaired) electrons. The fraction of sp³-hybridized carbons (Fsp3) is 0.132. The molecule has 0 aliphatic carbocycles. The second-order valence-corrected chi connectivity index (χ2v) is 15.2. The van der Waals surface area contributed by atoms with Crippen molar-refractivity contribution in [1.82, 2.24) is 19.1 Å². The molecule has 2 N–H and O–H groups in total. The number of aryl methyl sites for hydroxylation is 1. The summed E-state index contributed by atoms with van der Waals surface area (Å²) in [6.07, 6.45) is -1.91. The summed E-state index contributed by atoms with van der Waals surface area (Å²) < 4.78 is 42.9. The molecule has 63 heavy (non-hydrogen) atoms. The summed E-state index contributed by atoms with van der Waals surface area (Å²) in [7, 11) is 0. The van der Waals surface area contributed by atoms with Crippen LogP contribution in [0.4, 0.5) is 13.2 Å². The third kappa shape index (κ3) is 9.80. The van der Waals surface area contributed by atoms with E-state index in [-0.39, 0.29) is 32.3 Å². The molecule has 0 saturated carbocycles. The molecule has 6 nitrogen and oxygen atoms in total. The first kappa shape index (κ1) is 44.6. The van der Waals surface area contributed by atoms with Gasteiger partial charge in [0.05, 0.1) is 17.8 Å². The summed E-state index contributed by atoms with van der Waals surface area (Å²) in [5.74, 6) is 0. The Morgan fingerprint density at radius 2 is 0.952 bits per heavy atom. The van der Waals surface area contributed by atoms with Crippen molar-refractivity contribution in [3.63, 3.8) is 0 Å². The molecular weight excluding hydrogens is 974 g/mol. The molecule has 4 heterocycles. The molecule has 10 heteroatoms. The number of aliphatic hydroxyl groups is 2. The average Bonchev–Trinajstić information content (AvgIpc) is 3.79. The number of aliphatic hydroxyl groups excluding tert-OH is 2. The number of para-hydroxylation sites is 4. The molecule has 6 aromatic carbocycles. The van der Waals surface area contributed by atoms with Crippen molar-refractivity contribution in [1.29, 1.82) is 0 Å². The summed E-state index contributed by atoms with van der Waals surface area (Å²) in [6.45, 7) is 5.37. The normalized spacial score (nSPS) is 12.3. The minimum Gasteiger partial charge on any atom is -0.393 e. The minimum absolute atomic E-state index is 0. The number of alkyl halides is 3. The fourth-order valence-electron chi connectivity index (χ4n) is 7.63. The molecule has 0 amide bonds. The number of halogens is 3. The summed E-state index contributed by atoms with van der Waals surface area (Å²) in [4.78, 5) is 8.57. The fourth-order valence-corrected chi connectivity index (χ4v) is 7.63. The van der Waals surface area contributed by atoms with Crippen LogP contribution in [-0.2, 0) is 26.3 Å². The van der Waals surface area contributed by atoms with Gasteiger partial charge in [-0.3, -0.25) is 9.97 Å². The predicted octanol–water partition coefficient (Wildman–Crippen LogP) is 12.8. The molecule has 2 unspecified atom stereocenters. The molecular formula is C53H43F3IrN4O2-2. The van der Waals surface area contributed by atoms with Crippen LogP contribution in [-0.4, -0.2) is 41.5 Å². The number of nitrogens with zero attached hydrogens (tertiary/aromatic N) is 4. The van der Waals surface area contributed by atoms with Crippen LogP contribution in [0.5, 0.6) is 0 Å². The zero-order valence-corrected chi connectivity index (χ0v) is 37.1. The van der Waals surface area contributed by atoms with Gasteiger partial charge in [-0.25, -0.2) is 0 Å². The molecule has 10 rings (SSSR count). The molecule has 0 saturated heterocycles. The van der Waals surface area contributed by atoms with Gasteiger partial charge in [-0.2, -0.15) is 13.2 Å². The maximum absolute atomic E-state index is 12.8. The number of pyridine rings is 2. The maximum atomic E-state index is 12.8. The molecule has 2 atom stereocenters. The van der Waals surface area contributed by atoms with Crippen molar-refractivity contribution >= 4 is 43.6 Å². The number of aromatic nitrogens is 4. The van der Waals surface area contributed by atoms with Crippen LogP contribution in [0.3, 0.4) is 0 Å². The SMILES string of the molecule is CC(O)CC(C)O.Cc1ccc(-c2[c-]c3c4ccccc4n(-c4ccccc4)c3cc2)nc1.FC(F)(F)c1ccc(-c2[c-]c3c4ccccc4n(-c4ccccc4)c3cc2)nc1.[Ir]. The van der Waals surface area contributed by atoms with Gasteiger partial charge in [-0.15, -0.1) is 36.4 Å². The number of hydrogen-bond donors (Lipinski definition) is 2. The first-order chi connectivity index (χ1) is 30.0. The molecule has 0 aliphatic rings. The van der Waals surface area contributed by atoms with Gasteiger partial charge < -0.3 is 19.3 Å². The third-order valence-corrected chi connectivity index (χ3v) is 10.4. The molecule has 4 aromatic heterocycles. The Labute approximate surface area is 377 Å².